The minimum absolute atomic E-state index is 0.0328. The van der Waals surface area contributed by atoms with Crippen molar-refractivity contribution >= 4 is 15.9 Å². The molecule has 36 heavy (non-hydrogen) atoms. The topological polar surface area (TPSA) is 79.4 Å². The van der Waals surface area contributed by atoms with Crippen LogP contribution >= 0.6 is 0 Å². The molecule has 1 aliphatic heterocycles. The van der Waals surface area contributed by atoms with Crippen LogP contribution in [0.4, 0.5) is 0 Å². The number of aryl methyl sites for hydroxylation is 2. The summed E-state index contributed by atoms with van der Waals surface area (Å²) in [4.78, 5) is 17.3. The fourth-order valence-corrected chi connectivity index (χ4v) is 7.29. The van der Waals surface area contributed by atoms with Gasteiger partial charge in [0.1, 0.15) is 12.4 Å². The number of nitrogens with zero attached hydrogens (tertiary/aromatic N) is 3. The molecule has 0 radical (unpaired) electrons. The molecular weight excluding hydrogens is 478 g/mol. The van der Waals surface area contributed by atoms with Crippen LogP contribution < -0.4 is 4.74 Å². The first kappa shape index (κ1) is 28.9. The van der Waals surface area contributed by atoms with Gasteiger partial charge in [0, 0.05) is 33.7 Å². The normalized spacial score (nSPS) is 21.2. The molecule has 1 saturated carbocycles. The Morgan fingerprint density at radius 2 is 1.69 bits per heavy atom. The van der Waals surface area contributed by atoms with Gasteiger partial charge in [0.05, 0.1) is 18.6 Å². The van der Waals surface area contributed by atoms with Gasteiger partial charge in [-0.2, -0.15) is 4.31 Å². The molecule has 1 aromatic carbocycles. The lowest BCUT2D eigenvalue weighted by atomic mass is 9.81. The van der Waals surface area contributed by atoms with Crippen molar-refractivity contribution in [3.8, 4) is 5.75 Å². The van der Waals surface area contributed by atoms with Crippen LogP contribution in [0.25, 0.3) is 0 Å². The molecule has 3 rings (SSSR count). The van der Waals surface area contributed by atoms with Crippen molar-refractivity contribution < 1.29 is 22.7 Å². The Balaban J connectivity index is 1.41. The van der Waals surface area contributed by atoms with Gasteiger partial charge in [-0.1, -0.05) is 6.42 Å². The minimum Gasteiger partial charge on any atom is -0.497 e. The van der Waals surface area contributed by atoms with Crippen LogP contribution in [0.15, 0.2) is 17.0 Å². The van der Waals surface area contributed by atoms with Gasteiger partial charge in [0.2, 0.25) is 15.9 Å². The Labute approximate surface area is 218 Å². The van der Waals surface area contributed by atoms with E-state index in [-0.39, 0.29) is 30.6 Å². The highest BCUT2D eigenvalue weighted by atomic mass is 32.2. The minimum atomic E-state index is -3.68. The van der Waals surface area contributed by atoms with Crippen molar-refractivity contribution in [3.05, 3.63) is 23.3 Å². The van der Waals surface area contributed by atoms with Crippen molar-refractivity contribution in [2.24, 2.45) is 11.8 Å². The van der Waals surface area contributed by atoms with E-state index in [1.54, 1.807) is 38.0 Å². The highest BCUT2D eigenvalue weighted by Crippen LogP contribution is 2.31. The number of carbonyl (C=O) groups is 1. The number of sulfonamides is 1. The number of methoxy groups -OCH3 is 1. The third kappa shape index (κ3) is 7.66. The zero-order valence-corrected chi connectivity index (χ0v) is 23.6. The van der Waals surface area contributed by atoms with Gasteiger partial charge in [-0.3, -0.25) is 4.79 Å². The molecule has 1 aromatic rings. The summed E-state index contributed by atoms with van der Waals surface area (Å²) in [6.07, 6.45) is 7.59. The second-order valence-corrected chi connectivity index (χ2v) is 12.6. The first-order valence-electron chi connectivity index (χ1n) is 13.3. The van der Waals surface area contributed by atoms with Crippen molar-refractivity contribution in [2.45, 2.75) is 57.3 Å². The van der Waals surface area contributed by atoms with Crippen LogP contribution in [0.3, 0.4) is 0 Å². The molecule has 0 bridgehead atoms. The number of hydrogen-bond acceptors (Lipinski definition) is 6. The number of carbonyl (C=O) groups excluding carboxylic acids is 1. The maximum atomic E-state index is 13.1. The maximum absolute atomic E-state index is 13.1. The molecule has 9 heteroatoms. The zero-order valence-electron chi connectivity index (χ0n) is 22.8. The summed E-state index contributed by atoms with van der Waals surface area (Å²) in [5, 5.41) is 0. The second-order valence-electron chi connectivity index (χ2n) is 10.7. The van der Waals surface area contributed by atoms with E-state index in [1.165, 1.54) is 69.5 Å². The van der Waals surface area contributed by atoms with Crippen LogP contribution in [0.5, 0.6) is 5.75 Å². The first-order valence-corrected chi connectivity index (χ1v) is 14.7. The van der Waals surface area contributed by atoms with Gasteiger partial charge in [-0.25, -0.2) is 8.42 Å². The first-order chi connectivity index (χ1) is 17.1. The van der Waals surface area contributed by atoms with Crippen molar-refractivity contribution in [2.75, 3.05) is 67.1 Å². The average molecular weight is 524 g/mol. The highest BCUT2D eigenvalue weighted by Gasteiger charge is 2.27. The lowest BCUT2D eigenvalue weighted by molar-refractivity contribution is -0.135. The van der Waals surface area contributed by atoms with E-state index in [0.717, 1.165) is 12.5 Å². The third-order valence-corrected chi connectivity index (χ3v) is 9.84. The SMILES string of the molecule is COc1cc(C)c(S(=O)(=O)N(C)CCOCC(=O)N(C)C[C@H]2CCC[C@@H](CN3CCCC3)C2)c(C)c1. The number of amides is 1. The third-order valence-electron chi connectivity index (χ3n) is 7.68. The van der Waals surface area contributed by atoms with E-state index in [4.69, 9.17) is 9.47 Å². The molecule has 2 fully saturated rings. The molecule has 1 saturated heterocycles. The quantitative estimate of drug-likeness (QED) is 0.391. The van der Waals surface area contributed by atoms with Crippen molar-refractivity contribution in [1.82, 2.24) is 14.1 Å². The van der Waals surface area contributed by atoms with Crippen LogP contribution in [-0.4, -0.2) is 95.6 Å². The standard InChI is InChI=1S/C27H45N3O5S/c1-21-15-25(34-5)16-22(2)27(21)36(32,33)29(4)13-14-35-20-26(31)28(3)18-23-9-8-10-24(17-23)19-30-11-6-7-12-30/h15-16,23-24H,6-14,17-20H2,1-5H3/t23-,24+/m0/s1. The van der Waals surface area contributed by atoms with Gasteiger partial charge < -0.3 is 19.3 Å². The Hall–Kier alpha value is -1.68. The maximum Gasteiger partial charge on any atom is 0.248 e. The number of hydrogen-bond donors (Lipinski definition) is 0. The molecular formula is C27H45N3O5S. The largest absolute Gasteiger partial charge is 0.497 e. The molecule has 0 spiro atoms. The van der Waals surface area contributed by atoms with Crippen LogP contribution in [0, 0.1) is 25.7 Å². The van der Waals surface area contributed by atoms with E-state index in [2.05, 4.69) is 4.90 Å². The van der Waals surface area contributed by atoms with Crippen molar-refractivity contribution in [1.29, 1.82) is 0 Å². The number of likely N-dealkylation sites (N-methyl/N-ethyl adjacent to an activating group) is 2. The lowest BCUT2D eigenvalue weighted by Crippen LogP contribution is -2.38. The van der Waals surface area contributed by atoms with E-state index < -0.39 is 10.0 Å². The molecule has 2 aliphatic rings. The Morgan fingerprint density at radius 3 is 2.33 bits per heavy atom. The summed E-state index contributed by atoms with van der Waals surface area (Å²) < 4.78 is 38.3. The lowest BCUT2D eigenvalue weighted by Gasteiger charge is -2.33. The summed E-state index contributed by atoms with van der Waals surface area (Å²) in [6, 6.07) is 3.44. The molecule has 0 aromatic heterocycles. The summed E-state index contributed by atoms with van der Waals surface area (Å²) in [5.41, 5.74) is 1.28. The Morgan fingerprint density at radius 1 is 1.06 bits per heavy atom. The highest BCUT2D eigenvalue weighted by molar-refractivity contribution is 7.89. The molecule has 2 atom stereocenters. The van der Waals surface area contributed by atoms with Gasteiger partial charge in [-0.15, -0.1) is 0 Å². The summed E-state index contributed by atoms with van der Waals surface area (Å²) in [5.74, 6) is 1.88. The van der Waals surface area contributed by atoms with Crippen LogP contribution in [0.2, 0.25) is 0 Å². The molecule has 0 N–H and O–H groups in total. The molecule has 1 heterocycles. The summed E-state index contributed by atoms with van der Waals surface area (Å²) in [6.45, 7) is 8.29. The molecule has 1 amide bonds. The van der Waals surface area contributed by atoms with E-state index in [0.29, 0.717) is 22.8 Å². The van der Waals surface area contributed by atoms with Gasteiger partial charge >= 0.3 is 0 Å². The second kappa shape index (κ2) is 13.2. The molecule has 1 aliphatic carbocycles. The Bertz CT molecular complexity index is 955. The monoisotopic (exact) mass is 523 g/mol. The molecule has 204 valence electrons. The molecule has 8 nitrogen and oxygen atoms in total. The predicted molar refractivity (Wildman–Crippen MR) is 142 cm³/mol. The van der Waals surface area contributed by atoms with E-state index >= 15 is 0 Å². The van der Waals surface area contributed by atoms with Gasteiger partial charge in [0.25, 0.3) is 0 Å². The van der Waals surface area contributed by atoms with Gasteiger partial charge in [-0.05, 0) is 94.1 Å². The molecule has 0 unspecified atom stereocenters. The Kier molecular flexibility index (Phi) is 10.6. The van der Waals surface area contributed by atoms with Gasteiger partial charge in [0.15, 0.2) is 0 Å². The van der Waals surface area contributed by atoms with Crippen LogP contribution in [-0.2, 0) is 19.6 Å². The smallest absolute Gasteiger partial charge is 0.248 e. The predicted octanol–water partition coefficient (Wildman–Crippen LogP) is 3.31. The number of benzene rings is 1. The zero-order chi connectivity index (χ0) is 26.3. The van der Waals surface area contributed by atoms with Crippen molar-refractivity contribution in [3.63, 3.8) is 0 Å². The fraction of sp³-hybridized carbons (Fsp3) is 0.741. The number of likely N-dealkylation sites (tertiary alicyclic amines) is 1. The summed E-state index contributed by atoms with van der Waals surface area (Å²) >= 11 is 0. The van der Waals surface area contributed by atoms with Crippen LogP contribution in [0.1, 0.15) is 49.7 Å². The fourth-order valence-electron chi connectivity index (χ4n) is 5.73. The summed E-state index contributed by atoms with van der Waals surface area (Å²) in [7, 11) is 1.27. The number of rotatable bonds is 12. The van der Waals surface area contributed by atoms with E-state index in [9.17, 15) is 13.2 Å². The number of ether oxygens (including phenoxy) is 2. The average Bonchev–Trinajstić information content (AvgIpc) is 3.34. The van der Waals surface area contributed by atoms with E-state index in [1.807, 2.05) is 7.05 Å².